The summed E-state index contributed by atoms with van der Waals surface area (Å²) in [6, 6.07) is 15.0. The molecule has 3 aromatic rings. The van der Waals surface area contributed by atoms with E-state index in [4.69, 9.17) is 13.9 Å². The molecule has 0 bridgehead atoms. The molecule has 0 spiro atoms. The van der Waals surface area contributed by atoms with E-state index < -0.39 is 0 Å². The van der Waals surface area contributed by atoms with Gasteiger partial charge >= 0.3 is 0 Å². The molecule has 1 N–H and O–H groups in total. The zero-order valence-corrected chi connectivity index (χ0v) is 16.3. The Kier molecular flexibility index (Phi) is 6.45. The highest BCUT2D eigenvalue weighted by atomic mass is 16.5. The second-order valence-electron chi connectivity index (χ2n) is 6.45. The zero-order valence-electron chi connectivity index (χ0n) is 16.3. The van der Waals surface area contributed by atoms with Gasteiger partial charge in [-0.15, -0.1) is 0 Å². The SMILES string of the molecule is COCCNC(=O)c1ccc(-c2nc(COc3ccc(C)cc3)c(C)o2)cc1. The molecule has 28 heavy (non-hydrogen) atoms. The van der Waals surface area contributed by atoms with E-state index >= 15 is 0 Å². The maximum Gasteiger partial charge on any atom is 0.251 e. The molecule has 6 heteroatoms. The van der Waals surface area contributed by atoms with Gasteiger partial charge in [0.2, 0.25) is 5.89 Å². The summed E-state index contributed by atoms with van der Waals surface area (Å²) in [6.45, 7) is 5.18. The summed E-state index contributed by atoms with van der Waals surface area (Å²) in [4.78, 5) is 16.6. The second kappa shape index (κ2) is 9.19. The van der Waals surface area contributed by atoms with Gasteiger partial charge in [-0.1, -0.05) is 17.7 Å². The van der Waals surface area contributed by atoms with Crippen LogP contribution in [-0.2, 0) is 11.3 Å². The van der Waals surface area contributed by atoms with Crippen LogP contribution in [0, 0.1) is 13.8 Å². The molecule has 0 fully saturated rings. The van der Waals surface area contributed by atoms with E-state index in [1.807, 2.05) is 50.2 Å². The first kappa shape index (κ1) is 19.6. The molecule has 0 saturated heterocycles. The van der Waals surface area contributed by atoms with Crippen LogP contribution in [-0.4, -0.2) is 31.2 Å². The molecule has 2 aromatic carbocycles. The Morgan fingerprint density at radius 1 is 1.07 bits per heavy atom. The lowest BCUT2D eigenvalue weighted by Gasteiger charge is -2.05. The van der Waals surface area contributed by atoms with Crippen LogP contribution in [0.25, 0.3) is 11.5 Å². The lowest BCUT2D eigenvalue weighted by Crippen LogP contribution is -2.26. The van der Waals surface area contributed by atoms with Crippen LogP contribution >= 0.6 is 0 Å². The fourth-order valence-corrected chi connectivity index (χ4v) is 2.60. The van der Waals surface area contributed by atoms with Crippen LogP contribution in [0.4, 0.5) is 0 Å². The third-order valence-corrected chi connectivity index (χ3v) is 4.27. The first-order valence-corrected chi connectivity index (χ1v) is 9.10. The number of aromatic nitrogens is 1. The van der Waals surface area contributed by atoms with Crippen molar-refractivity contribution in [2.24, 2.45) is 0 Å². The van der Waals surface area contributed by atoms with Gasteiger partial charge in [-0.3, -0.25) is 4.79 Å². The second-order valence-corrected chi connectivity index (χ2v) is 6.45. The first-order valence-electron chi connectivity index (χ1n) is 9.10. The normalized spacial score (nSPS) is 10.7. The van der Waals surface area contributed by atoms with Crippen LogP contribution in [0.3, 0.4) is 0 Å². The molecule has 0 atom stereocenters. The number of hydrogen-bond donors (Lipinski definition) is 1. The van der Waals surface area contributed by atoms with E-state index in [2.05, 4.69) is 10.3 Å². The maximum atomic E-state index is 12.0. The number of aryl methyl sites for hydroxylation is 2. The summed E-state index contributed by atoms with van der Waals surface area (Å²) < 4.78 is 16.5. The predicted octanol–water partition coefficient (Wildman–Crippen LogP) is 3.91. The number of nitrogens with one attached hydrogen (secondary N) is 1. The molecule has 0 radical (unpaired) electrons. The van der Waals surface area contributed by atoms with Crippen LogP contribution in [0.1, 0.15) is 27.4 Å². The number of ether oxygens (including phenoxy) is 2. The summed E-state index contributed by atoms with van der Waals surface area (Å²) in [5.74, 6) is 1.87. The average molecular weight is 380 g/mol. The number of rotatable bonds is 8. The van der Waals surface area contributed by atoms with Crippen molar-refractivity contribution in [3.8, 4) is 17.2 Å². The van der Waals surface area contributed by atoms with E-state index in [0.717, 1.165) is 17.0 Å². The number of hydrogen-bond acceptors (Lipinski definition) is 5. The summed E-state index contributed by atoms with van der Waals surface area (Å²) in [5, 5.41) is 2.79. The van der Waals surface area contributed by atoms with Crippen LogP contribution in [0.15, 0.2) is 52.9 Å². The number of amides is 1. The Morgan fingerprint density at radius 2 is 1.79 bits per heavy atom. The fraction of sp³-hybridized carbons (Fsp3) is 0.273. The van der Waals surface area contributed by atoms with Gasteiger partial charge < -0.3 is 19.2 Å². The minimum Gasteiger partial charge on any atom is -0.487 e. The Bertz CT molecular complexity index is 915. The number of benzene rings is 2. The Morgan fingerprint density at radius 3 is 2.46 bits per heavy atom. The molecule has 0 aliphatic carbocycles. The smallest absolute Gasteiger partial charge is 0.251 e. The molecule has 1 aromatic heterocycles. The van der Waals surface area contributed by atoms with Crippen molar-refractivity contribution >= 4 is 5.91 Å². The van der Waals surface area contributed by atoms with Crippen LogP contribution in [0.5, 0.6) is 5.75 Å². The van der Waals surface area contributed by atoms with Crippen molar-refractivity contribution in [3.05, 3.63) is 71.1 Å². The first-order chi connectivity index (χ1) is 13.6. The largest absolute Gasteiger partial charge is 0.487 e. The van der Waals surface area contributed by atoms with Gasteiger partial charge in [-0.05, 0) is 50.2 Å². The predicted molar refractivity (Wildman–Crippen MR) is 106 cm³/mol. The third kappa shape index (κ3) is 4.98. The molecule has 1 heterocycles. The van der Waals surface area contributed by atoms with E-state index in [1.54, 1.807) is 19.2 Å². The van der Waals surface area contributed by atoms with Gasteiger partial charge in [0.1, 0.15) is 23.8 Å². The summed E-state index contributed by atoms with van der Waals surface area (Å²) in [6.07, 6.45) is 0. The molecule has 0 unspecified atom stereocenters. The highest BCUT2D eigenvalue weighted by Crippen LogP contribution is 2.23. The Balaban J connectivity index is 1.65. The molecule has 0 aliphatic heterocycles. The number of nitrogens with zero attached hydrogens (tertiary/aromatic N) is 1. The molecule has 1 amide bonds. The molecular weight excluding hydrogens is 356 g/mol. The van der Waals surface area contributed by atoms with Crippen molar-refractivity contribution in [2.75, 3.05) is 20.3 Å². The van der Waals surface area contributed by atoms with E-state index in [1.165, 1.54) is 5.56 Å². The average Bonchev–Trinajstić information content (AvgIpc) is 3.08. The number of carbonyl (C=O) groups excluding carboxylic acids is 1. The van der Waals surface area contributed by atoms with Gasteiger partial charge in [0.05, 0.1) is 6.61 Å². The van der Waals surface area contributed by atoms with Crippen molar-refractivity contribution in [3.63, 3.8) is 0 Å². The summed E-state index contributed by atoms with van der Waals surface area (Å²) in [5.41, 5.74) is 3.31. The quantitative estimate of drug-likeness (QED) is 0.600. The van der Waals surface area contributed by atoms with Gasteiger partial charge in [-0.25, -0.2) is 4.98 Å². The van der Waals surface area contributed by atoms with E-state index in [9.17, 15) is 4.79 Å². The van der Waals surface area contributed by atoms with Gasteiger partial charge in [0.15, 0.2) is 0 Å². The summed E-state index contributed by atoms with van der Waals surface area (Å²) >= 11 is 0. The van der Waals surface area contributed by atoms with Crippen LogP contribution in [0.2, 0.25) is 0 Å². The van der Waals surface area contributed by atoms with Crippen molar-refractivity contribution in [2.45, 2.75) is 20.5 Å². The minimum atomic E-state index is -0.139. The monoisotopic (exact) mass is 380 g/mol. The zero-order chi connectivity index (χ0) is 19.9. The number of oxazole rings is 1. The van der Waals surface area contributed by atoms with E-state index in [0.29, 0.717) is 37.0 Å². The highest BCUT2D eigenvalue weighted by molar-refractivity contribution is 5.94. The molecule has 146 valence electrons. The summed E-state index contributed by atoms with van der Waals surface area (Å²) in [7, 11) is 1.60. The standard InChI is InChI=1S/C22H24N2O4/c1-15-4-10-19(11-5-15)27-14-20-16(2)28-22(24-20)18-8-6-17(7-9-18)21(25)23-12-13-26-3/h4-11H,12-14H2,1-3H3,(H,23,25). The maximum absolute atomic E-state index is 12.0. The Labute approximate surface area is 164 Å². The van der Waals surface area contributed by atoms with Gasteiger partial charge in [-0.2, -0.15) is 0 Å². The van der Waals surface area contributed by atoms with E-state index in [-0.39, 0.29) is 5.91 Å². The topological polar surface area (TPSA) is 73.6 Å². The molecule has 0 aliphatic rings. The van der Waals surface area contributed by atoms with Crippen molar-refractivity contribution in [1.29, 1.82) is 0 Å². The van der Waals surface area contributed by atoms with Gasteiger partial charge in [0.25, 0.3) is 5.91 Å². The van der Waals surface area contributed by atoms with Gasteiger partial charge in [0, 0.05) is 24.8 Å². The number of methoxy groups -OCH3 is 1. The lowest BCUT2D eigenvalue weighted by atomic mass is 10.1. The highest BCUT2D eigenvalue weighted by Gasteiger charge is 2.13. The number of carbonyl (C=O) groups is 1. The fourth-order valence-electron chi connectivity index (χ4n) is 2.60. The lowest BCUT2D eigenvalue weighted by molar-refractivity contribution is 0.0937. The molecule has 0 saturated carbocycles. The third-order valence-electron chi connectivity index (χ3n) is 4.27. The minimum absolute atomic E-state index is 0.139. The Hall–Kier alpha value is -3.12. The molecular formula is C22H24N2O4. The van der Waals surface area contributed by atoms with Crippen LogP contribution < -0.4 is 10.1 Å². The molecule has 3 rings (SSSR count). The molecule has 6 nitrogen and oxygen atoms in total. The van der Waals surface area contributed by atoms with Crippen molar-refractivity contribution < 1.29 is 18.7 Å². The van der Waals surface area contributed by atoms with Crippen molar-refractivity contribution in [1.82, 2.24) is 10.3 Å².